The van der Waals surface area contributed by atoms with Gasteiger partial charge in [-0.1, -0.05) is 243 Å². The minimum absolute atomic E-state index is 0. The first kappa shape index (κ1) is 57.0. The van der Waals surface area contributed by atoms with Crippen LogP contribution < -0.4 is 9.97 Å². The molecule has 0 atom stereocenters. The molecule has 9 heteroatoms. The van der Waals surface area contributed by atoms with Gasteiger partial charge < -0.3 is 29.9 Å². The Kier molecular flexibility index (Phi) is 15.0. The van der Waals surface area contributed by atoms with Crippen molar-refractivity contribution in [3.63, 3.8) is 0 Å². The fraction of sp³-hybridized carbons (Fsp3) is 0.0476. The van der Waals surface area contributed by atoms with Gasteiger partial charge in [-0.2, -0.15) is 0 Å². The van der Waals surface area contributed by atoms with Crippen molar-refractivity contribution in [3.8, 4) is 0 Å². The van der Waals surface area contributed by atoms with Gasteiger partial charge in [-0.25, -0.2) is 9.97 Å². The molecule has 0 radical (unpaired) electrons. The Labute approximate surface area is 555 Å². The van der Waals surface area contributed by atoms with Crippen LogP contribution in [-0.2, 0) is 0 Å². The molecule has 0 unspecified atom stereocenters. The van der Waals surface area contributed by atoms with Gasteiger partial charge >= 0.3 is 23.1 Å². The first-order valence-corrected chi connectivity index (χ1v) is 31.3. The summed E-state index contributed by atoms with van der Waals surface area (Å²) in [5, 5.41) is 0. The van der Waals surface area contributed by atoms with Gasteiger partial charge in [-0.3, -0.25) is 0 Å². The Morgan fingerprint density at radius 3 is 0.527 bits per heavy atom. The molecule has 434 valence electrons. The van der Waals surface area contributed by atoms with Crippen molar-refractivity contribution in [3.05, 3.63) is 357 Å². The summed E-state index contributed by atoms with van der Waals surface area (Å²) in [5.74, 6) is 1.92. The summed E-state index contributed by atoms with van der Waals surface area (Å²) in [6, 6.07) is 85.0. The van der Waals surface area contributed by atoms with E-state index in [4.69, 9.17) is 39.9 Å². The van der Waals surface area contributed by atoms with Crippen LogP contribution in [0, 0.1) is 0 Å². The minimum Gasteiger partial charge on any atom is -0.357 e. The number of fused-ring (bicyclic) bond motifs is 18. The fourth-order valence-corrected chi connectivity index (χ4v) is 13.4. The Balaban J connectivity index is 0.00000686. The van der Waals surface area contributed by atoms with Crippen molar-refractivity contribution in [2.45, 2.75) is 25.7 Å². The van der Waals surface area contributed by atoms with E-state index in [0.29, 0.717) is 71.6 Å². The maximum absolute atomic E-state index is 5.73. The molecule has 0 N–H and O–H groups in total. The molecule has 0 amide bonds. The molecule has 3 aromatic heterocycles. The van der Waals surface area contributed by atoms with Crippen LogP contribution in [0.1, 0.15) is 116 Å². The van der Waals surface area contributed by atoms with E-state index >= 15 is 0 Å². The quantitative estimate of drug-likeness (QED) is 0.139. The summed E-state index contributed by atoms with van der Waals surface area (Å²) < 4.78 is 0. The molecule has 2 aliphatic heterocycles. The van der Waals surface area contributed by atoms with E-state index in [-0.39, 0.29) is 23.1 Å². The number of allylic oxidation sites excluding steroid dienone is 16. The zero-order valence-electron chi connectivity index (χ0n) is 50.8. The van der Waals surface area contributed by atoms with Crippen LogP contribution in [0.15, 0.2) is 267 Å². The fourth-order valence-electron chi connectivity index (χ4n) is 13.4. The maximum Gasteiger partial charge on any atom is 2.00 e. The topological polar surface area (TPSA) is 106 Å². The molecule has 8 bridgehead atoms. The van der Waals surface area contributed by atoms with Crippen LogP contribution in [-0.4, -0.2) is 53.0 Å². The van der Waals surface area contributed by atoms with Crippen molar-refractivity contribution in [2.75, 3.05) is 0 Å². The second-order valence-corrected chi connectivity index (χ2v) is 23.8. The van der Waals surface area contributed by atoms with Crippen molar-refractivity contribution in [1.29, 1.82) is 0 Å². The van der Waals surface area contributed by atoms with Crippen LogP contribution in [0.3, 0.4) is 0 Å². The SMILES string of the molecule is C1=C(c2ccccc2)CC(c2ccccc2)=CC2=C1c1nc2nc2[n-]c(nc3nc(nc4[n-]c(n1)c1c4C=C(c4ccccc4)CC(c4ccccc4)=C1)C1=C3C=C(c3ccccc3)CC(c3ccccc3)=C1)c1c2C=C(c2ccccc2)CC(c2ccccc2)=C1.[Mg+2]. The second kappa shape index (κ2) is 24.5. The number of hydrogen-bond acceptors (Lipinski definition) is 6. The summed E-state index contributed by atoms with van der Waals surface area (Å²) in [6.45, 7) is 0. The summed E-state index contributed by atoms with van der Waals surface area (Å²) in [6.07, 6.45) is 20.7. The normalized spacial score (nSPS) is 15.1. The summed E-state index contributed by atoms with van der Waals surface area (Å²) in [7, 11) is 0. The van der Waals surface area contributed by atoms with E-state index in [2.05, 4.69) is 291 Å². The molecule has 0 saturated heterocycles. The van der Waals surface area contributed by atoms with Gasteiger partial charge in [0.1, 0.15) is 0 Å². The molecule has 0 saturated carbocycles. The molecular weight excluding hydrogens is 1150 g/mol. The number of hydrogen-bond donors (Lipinski definition) is 0. The number of rotatable bonds is 8. The van der Waals surface area contributed by atoms with Gasteiger partial charge in [0.25, 0.3) is 0 Å². The van der Waals surface area contributed by atoms with Crippen molar-refractivity contribution < 1.29 is 0 Å². The molecule has 17 rings (SSSR count). The van der Waals surface area contributed by atoms with E-state index in [1.807, 2.05) is 0 Å². The minimum atomic E-state index is 0. The van der Waals surface area contributed by atoms with Crippen LogP contribution in [0.25, 0.3) is 114 Å². The van der Waals surface area contributed by atoms with Gasteiger partial charge in [-0.15, -0.1) is 0 Å². The van der Waals surface area contributed by atoms with Gasteiger partial charge in [0.15, 0.2) is 0 Å². The third kappa shape index (κ3) is 11.1. The van der Waals surface area contributed by atoms with E-state index in [1.165, 1.54) is 0 Å². The standard InChI is InChI=1S/C84H56N8.Mg/c1-9-25-53(26-10-1)61-41-62(54-27-11-2-12-28-54)46-70-69(45-61)77-85-78(70)90-80-73-49-65(57-33-17-5-18-34-57)43-66(58-35-19-6-20-36-58)50-74(73)82(87-80)92-84-76-52-68(60-39-23-8-24-40-60)44-67(59-37-21-7-22-38-59)51-75(76)83(88-84)91-81-72-48-64(56-31-15-4-16-32-56)42-63(55-29-13-3-14-30-55)47-71(72)79(86-81)89-77;/h1-40,45-52H,41-44H2;/q-2;+2. The van der Waals surface area contributed by atoms with Crippen molar-refractivity contribution in [2.24, 2.45) is 0 Å². The third-order valence-electron chi connectivity index (χ3n) is 18.0. The van der Waals surface area contributed by atoms with Gasteiger partial charge in [0, 0.05) is 44.9 Å². The Morgan fingerprint density at radius 2 is 0.355 bits per heavy atom. The van der Waals surface area contributed by atoms with Crippen LogP contribution in [0.4, 0.5) is 0 Å². The first-order chi connectivity index (χ1) is 45.5. The molecule has 0 spiro atoms. The van der Waals surface area contributed by atoms with Crippen LogP contribution >= 0.6 is 0 Å². The van der Waals surface area contributed by atoms with Gasteiger partial charge in [-0.05, 0) is 186 Å². The molecule has 93 heavy (non-hydrogen) atoms. The molecule has 5 heterocycles. The van der Waals surface area contributed by atoms with Crippen LogP contribution in [0.5, 0.6) is 0 Å². The average Bonchev–Trinajstić information content (AvgIpc) is 1.63. The molecular formula is C84H56MgN8. The predicted octanol–water partition coefficient (Wildman–Crippen LogP) is 18.7. The zero-order chi connectivity index (χ0) is 60.9. The molecule has 0 fully saturated rings. The molecule has 8 nitrogen and oxygen atoms in total. The van der Waals surface area contributed by atoms with Crippen LogP contribution in [0.2, 0.25) is 0 Å². The molecule has 11 aromatic rings. The van der Waals surface area contributed by atoms with E-state index in [0.717, 1.165) is 134 Å². The largest absolute Gasteiger partial charge is 2.00 e. The first-order valence-electron chi connectivity index (χ1n) is 31.3. The monoisotopic (exact) mass is 1200 g/mol. The van der Waals surface area contributed by atoms with E-state index in [9.17, 15) is 0 Å². The maximum atomic E-state index is 5.73. The zero-order valence-corrected chi connectivity index (χ0v) is 52.2. The third-order valence-corrected chi connectivity index (χ3v) is 18.0. The summed E-state index contributed by atoms with van der Waals surface area (Å²) >= 11 is 0. The number of benzene rings is 8. The van der Waals surface area contributed by atoms with E-state index in [1.54, 1.807) is 0 Å². The predicted molar refractivity (Wildman–Crippen MR) is 383 cm³/mol. The number of nitrogens with zero attached hydrogens (tertiary/aromatic N) is 8. The van der Waals surface area contributed by atoms with Gasteiger partial charge in [0.05, 0.1) is 23.3 Å². The number of aromatic nitrogens is 8. The summed E-state index contributed by atoms with van der Waals surface area (Å²) in [5.41, 5.74) is 26.3. The average molecular weight is 1200 g/mol. The Hall–Kier alpha value is -11.2. The Morgan fingerprint density at radius 1 is 0.194 bits per heavy atom. The Bertz CT molecular complexity index is 4650. The second-order valence-electron chi connectivity index (χ2n) is 23.8. The smallest absolute Gasteiger partial charge is 0.357 e. The van der Waals surface area contributed by atoms with E-state index < -0.39 is 0 Å². The molecule has 4 aliphatic carbocycles. The van der Waals surface area contributed by atoms with Gasteiger partial charge in [0.2, 0.25) is 0 Å². The molecule has 6 aliphatic rings. The van der Waals surface area contributed by atoms with Crippen molar-refractivity contribution in [1.82, 2.24) is 39.9 Å². The molecule has 8 aromatic carbocycles. The summed E-state index contributed by atoms with van der Waals surface area (Å²) in [4.78, 5) is 45.4. The van der Waals surface area contributed by atoms with Crippen molar-refractivity contribution >= 4 is 137 Å².